The number of unbranched alkanes of at least 4 members (excludes halogenated alkanes) is 6. The smallest absolute Gasteiger partial charge is 0.346 e. The second-order valence-electron chi connectivity index (χ2n) is 18.2. The number of fused-ring (bicyclic) bond motifs is 4. The number of hydrogen-bond acceptors (Lipinski definition) is 8. The van der Waals surface area contributed by atoms with Crippen LogP contribution in [0.15, 0.2) is 84.4 Å². The van der Waals surface area contributed by atoms with Gasteiger partial charge >= 0.3 is 5.97 Å². The van der Waals surface area contributed by atoms with E-state index in [0.29, 0.717) is 11.3 Å². The number of nitrogens with zero attached hydrogens (tertiary/aromatic N) is 3. The predicted molar refractivity (Wildman–Crippen MR) is 279 cm³/mol. The molecule has 328 valence electrons. The van der Waals surface area contributed by atoms with Gasteiger partial charge in [-0.3, -0.25) is 4.57 Å². The van der Waals surface area contributed by atoms with Crippen LogP contribution in [-0.4, -0.2) is 20.6 Å². The highest BCUT2D eigenvalue weighted by atomic mass is 32.1. The summed E-state index contributed by atoms with van der Waals surface area (Å²) in [5, 5.41) is 18.8. The first-order chi connectivity index (χ1) is 31.0. The molecule has 1 atom stereocenters. The number of aliphatic carboxylic acids is 1. The molecule has 8 aromatic rings. The molecule has 0 saturated carbocycles. The van der Waals surface area contributed by atoms with Gasteiger partial charge in [-0.15, -0.1) is 56.7 Å². The van der Waals surface area contributed by atoms with Crippen molar-refractivity contribution in [3.8, 4) is 47.4 Å². The number of benzene rings is 2. The molecule has 6 heterocycles. The third-order valence-electron chi connectivity index (χ3n) is 12.6. The Balaban J connectivity index is 1.08. The van der Waals surface area contributed by atoms with Crippen LogP contribution in [0.1, 0.15) is 115 Å². The van der Waals surface area contributed by atoms with Crippen LogP contribution in [0.3, 0.4) is 0 Å². The average Bonchev–Trinajstić information content (AvgIpc) is 4.14. The van der Waals surface area contributed by atoms with Crippen LogP contribution >= 0.6 is 56.7 Å². The van der Waals surface area contributed by atoms with E-state index in [0.717, 1.165) is 52.2 Å². The summed E-state index contributed by atoms with van der Waals surface area (Å²) in [6.07, 6.45) is 18.2. The standard InChI is InChI=1S/C54H55N3O2S5/c1-6-8-10-12-16-36-28-45(64-48(36)34-20-22-35(23-21-34)52-56-40-18-14-15-19-42(40)57(52)41-24-25-54(4,5)31-33(41)3)49-37(17-13-11-9-7-2)27-43(62-49)44-30-47-51(63-44)50-46(61-47)29-39(60-50)26-38(32-55)53(58)59/h14-15,18-24,26-30,33H,6-13,16-17,25,31H2,1-5H3,(H,58,59)/b38-26+. The summed E-state index contributed by atoms with van der Waals surface area (Å²) < 4.78 is 7.25. The molecule has 1 N–H and O–H groups in total. The van der Waals surface area contributed by atoms with Gasteiger partial charge < -0.3 is 5.11 Å². The second kappa shape index (κ2) is 19.1. The van der Waals surface area contributed by atoms with Crippen molar-refractivity contribution in [2.75, 3.05) is 0 Å². The van der Waals surface area contributed by atoms with Gasteiger partial charge in [0.05, 0.1) is 20.4 Å². The quantitative estimate of drug-likeness (QED) is 0.0560. The second-order valence-corrected chi connectivity index (χ2v) is 23.5. The summed E-state index contributed by atoms with van der Waals surface area (Å²) in [7, 11) is 0. The van der Waals surface area contributed by atoms with Gasteiger partial charge in [0.2, 0.25) is 0 Å². The van der Waals surface area contributed by atoms with Crippen molar-refractivity contribution in [1.29, 1.82) is 5.26 Å². The first kappa shape index (κ1) is 44.6. The summed E-state index contributed by atoms with van der Waals surface area (Å²) >= 11 is 9.06. The van der Waals surface area contributed by atoms with E-state index in [4.69, 9.17) is 4.98 Å². The van der Waals surface area contributed by atoms with Crippen LogP contribution in [0, 0.1) is 22.7 Å². The highest BCUT2D eigenvalue weighted by molar-refractivity contribution is 7.40. The minimum absolute atomic E-state index is 0.240. The van der Waals surface area contributed by atoms with Gasteiger partial charge in [0, 0.05) is 49.9 Å². The van der Waals surface area contributed by atoms with Crippen LogP contribution in [-0.2, 0) is 17.6 Å². The molecule has 9 rings (SSSR count). The number of nitriles is 1. The Kier molecular flexibility index (Phi) is 13.3. The van der Waals surface area contributed by atoms with Crippen molar-refractivity contribution < 1.29 is 9.90 Å². The number of aryl methyl sites for hydroxylation is 2. The monoisotopic (exact) mass is 937 g/mol. The van der Waals surface area contributed by atoms with Gasteiger partial charge in [-0.05, 0) is 109 Å². The molecule has 0 spiro atoms. The van der Waals surface area contributed by atoms with E-state index >= 15 is 0 Å². The fraction of sp³-hybridized carbons (Fsp3) is 0.352. The van der Waals surface area contributed by atoms with Gasteiger partial charge in [-0.2, -0.15) is 5.26 Å². The van der Waals surface area contributed by atoms with Gasteiger partial charge in [0.25, 0.3) is 0 Å². The molecule has 1 aliphatic rings. The van der Waals surface area contributed by atoms with E-state index in [9.17, 15) is 15.2 Å². The van der Waals surface area contributed by atoms with Crippen LogP contribution in [0.2, 0.25) is 0 Å². The van der Waals surface area contributed by atoms with Crippen LogP contribution in [0.4, 0.5) is 0 Å². The highest BCUT2D eigenvalue weighted by Gasteiger charge is 2.30. The summed E-state index contributed by atoms with van der Waals surface area (Å²) in [5.74, 6) is 0.262. The Morgan fingerprint density at radius 2 is 1.44 bits per heavy atom. The fourth-order valence-electron chi connectivity index (χ4n) is 9.39. The Morgan fingerprint density at radius 1 is 0.797 bits per heavy atom. The molecule has 1 aliphatic carbocycles. The zero-order valence-corrected chi connectivity index (χ0v) is 41.5. The normalized spacial score (nSPS) is 15.4. The number of aromatic nitrogens is 2. The largest absolute Gasteiger partial charge is 0.477 e. The fourth-order valence-corrected chi connectivity index (χ4v) is 16.0. The molecule has 1 unspecified atom stereocenters. The molecule has 0 aliphatic heterocycles. The number of imidazole rings is 1. The zero-order valence-electron chi connectivity index (χ0n) is 37.4. The third kappa shape index (κ3) is 9.12. The Bertz CT molecular complexity index is 3080. The minimum Gasteiger partial charge on any atom is -0.477 e. The number of thiophene rings is 5. The summed E-state index contributed by atoms with van der Waals surface area (Å²) in [4.78, 5) is 24.4. The number of hydrogen-bond donors (Lipinski definition) is 1. The molecule has 64 heavy (non-hydrogen) atoms. The molecule has 0 fully saturated rings. The predicted octanol–water partition coefficient (Wildman–Crippen LogP) is 17.9. The maximum absolute atomic E-state index is 11.5. The van der Waals surface area contributed by atoms with Crippen LogP contribution in [0.25, 0.3) is 82.9 Å². The summed E-state index contributed by atoms with van der Waals surface area (Å²) in [6, 6.07) is 29.0. The number of carbonyl (C=O) groups is 1. The molecule has 0 radical (unpaired) electrons. The lowest BCUT2D eigenvalue weighted by molar-refractivity contribution is -0.132. The van der Waals surface area contributed by atoms with Crippen molar-refractivity contribution in [1.82, 2.24) is 9.55 Å². The molecule has 0 amide bonds. The van der Waals surface area contributed by atoms with Crippen LogP contribution in [0.5, 0.6) is 0 Å². The van der Waals surface area contributed by atoms with E-state index in [1.807, 2.05) is 46.1 Å². The summed E-state index contributed by atoms with van der Waals surface area (Å²) in [5.41, 5.74) is 8.96. The number of carboxylic acids is 1. The van der Waals surface area contributed by atoms with Crippen molar-refractivity contribution in [3.63, 3.8) is 0 Å². The first-order valence-electron chi connectivity index (χ1n) is 22.9. The summed E-state index contributed by atoms with van der Waals surface area (Å²) in [6.45, 7) is 11.7. The van der Waals surface area contributed by atoms with E-state index < -0.39 is 5.97 Å². The van der Waals surface area contributed by atoms with Gasteiger partial charge in [-0.1, -0.05) is 116 Å². The number of allylic oxidation sites excluding steroid dienone is 2. The Labute approximate surface area is 397 Å². The molecular weight excluding hydrogens is 883 g/mol. The van der Waals surface area contributed by atoms with Crippen molar-refractivity contribution in [3.05, 3.63) is 100 Å². The van der Waals surface area contributed by atoms with Crippen molar-refractivity contribution in [2.24, 2.45) is 11.3 Å². The molecule has 0 saturated heterocycles. The number of carboxylic acid groups (broad SMARTS) is 1. The molecule has 5 nitrogen and oxygen atoms in total. The maximum Gasteiger partial charge on any atom is 0.346 e. The lowest BCUT2D eigenvalue weighted by Gasteiger charge is -2.34. The average molecular weight is 938 g/mol. The van der Waals surface area contributed by atoms with Crippen LogP contribution < -0.4 is 0 Å². The zero-order chi connectivity index (χ0) is 44.5. The van der Waals surface area contributed by atoms with Crippen molar-refractivity contribution >= 4 is 104 Å². The molecule has 6 aromatic heterocycles. The van der Waals surface area contributed by atoms with E-state index in [1.165, 1.54) is 124 Å². The lowest BCUT2D eigenvalue weighted by atomic mass is 9.75. The first-order valence-corrected chi connectivity index (χ1v) is 27.0. The number of para-hydroxylation sites is 2. The SMILES string of the molecule is CCCCCCc1cc(-c2sc(-c3cc4sc5cc(/C=C(\C#N)C(=O)O)sc5c4s3)cc2CCCCCC)sc1-c1ccc(-c2nc3ccccc3n2C2=CCC(C)(C)CC2C)cc1. The van der Waals surface area contributed by atoms with E-state index in [2.05, 4.69) is 112 Å². The van der Waals surface area contributed by atoms with E-state index in [1.54, 1.807) is 22.7 Å². The Hall–Kier alpha value is -4.63. The van der Waals surface area contributed by atoms with Gasteiger partial charge in [0.15, 0.2) is 0 Å². The third-order valence-corrected chi connectivity index (χ3v) is 19.1. The van der Waals surface area contributed by atoms with Crippen molar-refractivity contribution in [2.45, 2.75) is 112 Å². The van der Waals surface area contributed by atoms with Gasteiger partial charge in [-0.25, -0.2) is 9.78 Å². The molecular formula is C54H55N3O2S5. The topological polar surface area (TPSA) is 78.9 Å². The number of rotatable bonds is 17. The minimum atomic E-state index is -1.19. The lowest BCUT2D eigenvalue weighted by Crippen LogP contribution is -2.22. The van der Waals surface area contributed by atoms with E-state index in [-0.39, 0.29) is 5.57 Å². The Morgan fingerprint density at radius 3 is 2.14 bits per heavy atom. The highest BCUT2D eigenvalue weighted by Crippen LogP contribution is 2.51. The van der Waals surface area contributed by atoms with Gasteiger partial charge in [0.1, 0.15) is 17.5 Å². The molecule has 0 bridgehead atoms. The molecule has 2 aromatic carbocycles. The maximum atomic E-state index is 11.5. The molecule has 10 heteroatoms.